The average Bonchev–Trinajstić information content (AvgIpc) is 2.96. The van der Waals surface area contributed by atoms with Gasteiger partial charge in [-0.3, -0.25) is 0 Å². The lowest BCUT2D eigenvalue weighted by Gasteiger charge is -2.19. The molecule has 1 atom stereocenters. The number of nitrogens with one attached hydrogen (secondary N) is 1. The minimum Gasteiger partial charge on any atom is -0.447 e. The fraction of sp³-hybridized carbons (Fsp3) is 0.667. The van der Waals surface area contributed by atoms with Crippen LogP contribution in [-0.2, 0) is 16.6 Å². The molecule has 102 valence electrons. The fourth-order valence-corrected chi connectivity index (χ4v) is 2.97. The second-order valence-corrected chi connectivity index (χ2v) is 6.47. The molecular formula is C12H20N2O3S. The summed E-state index contributed by atoms with van der Waals surface area (Å²) >= 11 is 0. The maximum Gasteiger partial charge on any atom is 0.271 e. The quantitative estimate of drug-likeness (QED) is 0.852. The molecule has 0 amide bonds. The Morgan fingerprint density at radius 2 is 2.11 bits per heavy atom. The molecule has 5 nitrogen and oxygen atoms in total. The highest BCUT2D eigenvalue weighted by atomic mass is 32.2. The van der Waals surface area contributed by atoms with Crippen LogP contribution >= 0.6 is 0 Å². The van der Waals surface area contributed by atoms with Gasteiger partial charge in [-0.25, -0.2) is 13.6 Å². The van der Waals surface area contributed by atoms with E-state index < -0.39 is 10.0 Å². The molecular weight excluding hydrogens is 252 g/mol. The molecule has 0 saturated heterocycles. The van der Waals surface area contributed by atoms with Gasteiger partial charge in [0.15, 0.2) is 0 Å². The molecule has 0 unspecified atom stereocenters. The van der Waals surface area contributed by atoms with Crippen molar-refractivity contribution in [3.05, 3.63) is 17.9 Å². The van der Waals surface area contributed by atoms with Crippen LogP contribution in [0.15, 0.2) is 21.6 Å². The van der Waals surface area contributed by atoms with E-state index in [-0.39, 0.29) is 5.09 Å². The van der Waals surface area contributed by atoms with Gasteiger partial charge in [0.1, 0.15) is 5.76 Å². The number of nitrogens with two attached hydrogens (primary N) is 1. The van der Waals surface area contributed by atoms with Crippen molar-refractivity contribution in [3.8, 4) is 0 Å². The van der Waals surface area contributed by atoms with Crippen molar-refractivity contribution in [2.24, 2.45) is 11.1 Å². The average molecular weight is 272 g/mol. The van der Waals surface area contributed by atoms with E-state index in [1.54, 1.807) is 6.07 Å². The minimum atomic E-state index is -3.73. The normalized spacial score (nSPS) is 19.2. The molecule has 1 saturated carbocycles. The highest BCUT2D eigenvalue weighted by Crippen LogP contribution is 2.27. The summed E-state index contributed by atoms with van der Waals surface area (Å²) in [4.78, 5) is 0. The van der Waals surface area contributed by atoms with E-state index in [4.69, 9.17) is 9.56 Å². The zero-order valence-corrected chi connectivity index (χ0v) is 11.4. The zero-order chi connectivity index (χ0) is 13.2. The monoisotopic (exact) mass is 272 g/mol. The highest BCUT2D eigenvalue weighted by molar-refractivity contribution is 7.89. The molecule has 0 aromatic carbocycles. The Hall–Kier alpha value is -0.850. The van der Waals surface area contributed by atoms with Crippen LogP contribution in [0.3, 0.4) is 0 Å². The van der Waals surface area contributed by atoms with Gasteiger partial charge in [-0.2, -0.15) is 0 Å². The number of sulfonamides is 1. The smallest absolute Gasteiger partial charge is 0.271 e. The van der Waals surface area contributed by atoms with E-state index in [1.165, 1.54) is 31.7 Å². The largest absolute Gasteiger partial charge is 0.447 e. The molecule has 1 aromatic rings. The van der Waals surface area contributed by atoms with Gasteiger partial charge in [-0.05, 0) is 37.8 Å². The van der Waals surface area contributed by atoms with Gasteiger partial charge in [0.2, 0.25) is 5.09 Å². The molecule has 1 aromatic heterocycles. The maximum atomic E-state index is 11.1. The maximum absolute atomic E-state index is 11.1. The van der Waals surface area contributed by atoms with Crippen molar-refractivity contribution in [2.45, 2.75) is 50.3 Å². The first-order chi connectivity index (χ1) is 8.47. The highest BCUT2D eigenvalue weighted by Gasteiger charge is 2.21. The van der Waals surface area contributed by atoms with E-state index in [9.17, 15) is 8.42 Å². The lowest BCUT2D eigenvalue weighted by Crippen LogP contribution is -2.31. The molecule has 18 heavy (non-hydrogen) atoms. The molecule has 1 fully saturated rings. The molecule has 1 aliphatic carbocycles. The van der Waals surface area contributed by atoms with Crippen LogP contribution in [0, 0.1) is 5.92 Å². The molecule has 0 spiro atoms. The summed E-state index contributed by atoms with van der Waals surface area (Å²) in [6.07, 6.45) is 5.17. The number of primary sulfonamides is 1. The van der Waals surface area contributed by atoms with Crippen molar-refractivity contribution in [1.29, 1.82) is 0 Å². The number of hydrogen-bond acceptors (Lipinski definition) is 4. The van der Waals surface area contributed by atoms with E-state index >= 15 is 0 Å². The summed E-state index contributed by atoms with van der Waals surface area (Å²) in [5.74, 6) is 1.32. The standard InChI is InChI=1S/C12H20N2O3S/c1-9(10-4-2-3-5-10)14-8-11-6-7-12(17-11)18(13,15)16/h6-7,9-10,14H,2-5,8H2,1H3,(H2,13,15,16)/t9-/m1/s1. The second-order valence-electron chi connectivity index (χ2n) is 4.98. The molecule has 1 aliphatic rings. The predicted octanol–water partition coefficient (Wildman–Crippen LogP) is 1.60. The summed E-state index contributed by atoms with van der Waals surface area (Å²) in [5.41, 5.74) is 0. The van der Waals surface area contributed by atoms with Crippen molar-refractivity contribution >= 4 is 10.0 Å². The predicted molar refractivity (Wildman–Crippen MR) is 68.3 cm³/mol. The Bertz CT molecular complexity index is 489. The van der Waals surface area contributed by atoms with Crippen LogP contribution in [0.5, 0.6) is 0 Å². The van der Waals surface area contributed by atoms with Gasteiger partial charge < -0.3 is 9.73 Å². The summed E-state index contributed by atoms with van der Waals surface area (Å²) < 4.78 is 27.3. The molecule has 1 heterocycles. The Labute approximate surface area is 108 Å². The molecule has 6 heteroatoms. The third kappa shape index (κ3) is 3.34. The lowest BCUT2D eigenvalue weighted by molar-refractivity contribution is 0.347. The first-order valence-corrected chi connectivity index (χ1v) is 7.86. The SMILES string of the molecule is C[C@@H](NCc1ccc(S(N)(=O)=O)o1)C1CCCC1. The van der Waals surface area contributed by atoms with Crippen LogP contribution in [0.4, 0.5) is 0 Å². The van der Waals surface area contributed by atoms with Crippen molar-refractivity contribution < 1.29 is 12.8 Å². The third-order valence-electron chi connectivity index (χ3n) is 3.62. The first-order valence-electron chi connectivity index (χ1n) is 6.32. The summed E-state index contributed by atoms with van der Waals surface area (Å²) in [6.45, 7) is 2.70. The number of furan rings is 1. The minimum absolute atomic E-state index is 0.173. The van der Waals surface area contributed by atoms with Crippen LogP contribution in [0.25, 0.3) is 0 Å². The van der Waals surface area contributed by atoms with Crippen LogP contribution in [0.1, 0.15) is 38.4 Å². The summed E-state index contributed by atoms with van der Waals surface area (Å²) in [5, 5.41) is 8.19. The van der Waals surface area contributed by atoms with Crippen molar-refractivity contribution in [3.63, 3.8) is 0 Å². The number of rotatable bonds is 5. The molecule has 0 bridgehead atoms. The van der Waals surface area contributed by atoms with E-state index in [1.807, 2.05) is 0 Å². The summed E-state index contributed by atoms with van der Waals surface area (Å²) in [6, 6.07) is 3.47. The Balaban J connectivity index is 1.88. The molecule has 0 aliphatic heterocycles. The first kappa shape index (κ1) is 13.6. The summed E-state index contributed by atoms with van der Waals surface area (Å²) in [7, 11) is -3.73. The Morgan fingerprint density at radius 1 is 1.44 bits per heavy atom. The molecule has 0 radical (unpaired) electrons. The van der Waals surface area contributed by atoms with E-state index in [2.05, 4.69) is 12.2 Å². The van der Waals surface area contributed by atoms with Crippen molar-refractivity contribution in [2.75, 3.05) is 0 Å². The van der Waals surface area contributed by atoms with E-state index in [0.29, 0.717) is 18.3 Å². The molecule has 2 rings (SSSR count). The van der Waals surface area contributed by atoms with Gasteiger partial charge in [0.25, 0.3) is 10.0 Å². The second kappa shape index (κ2) is 5.42. The van der Waals surface area contributed by atoms with Crippen LogP contribution in [-0.4, -0.2) is 14.5 Å². The van der Waals surface area contributed by atoms with Gasteiger partial charge in [0.05, 0.1) is 6.54 Å². The van der Waals surface area contributed by atoms with E-state index in [0.717, 1.165) is 5.92 Å². The van der Waals surface area contributed by atoms with Gasteiger partial charge in [0, 0.05) is 6.04 Å². The van der Waals surface area contributed by atoms with Gasteiger partial charge in [-0.15, -0.1) is 0 Å². The Morgan fingerprint density at radius 3 is 2.67 bits per heavy atom. The topological polar surface area (TPSA) is 85.3 Å². The van der Waals surface area contributed by atoms with Gasteiger partial charge >= 0.3 is 0 Å². The number of hydrogen-bond donors (Lipinski definition) is 2. The fourth-order valence-electron chi connectivity index (χ4n) is 2.49. The lowest BCUT2D eigenvalue weighted by atomic mass is 10.00. The Kier molecular flexibility index (Phi) is 4.09. The van der Waals surface area contributed by atoms with Crippen molar-refractivity contribution in [1.82, 2.24) is 5.32 Å². The zero-order valence-electron chi connectivity index (χ0n) is 10.6. The van der Waals surface area contributed by atoms with Gasteiger partial charge in [-0.1, -0.05) is 12.8 Å². The molecule has 3 N–H and O–H groups in total. The third-order valence-corrected chi connectivity index (χ3v) is 4.40. The van der Waals surface area contributed by atoms with Crippen LogP contribution < -0.4 is 10.5 Å². The van der Waals surface area contributed by atoms with Crippen LogP contribution in [0.2, 0.25) is 0 Å².